The van der Waals surface area contributed by atoms with E-state index in [1.54, 1.807) is 14.2 Å². The minimum Gasteiger partial charge on any atom is -0.493 e. The van der Waals surface area contributed by atoms with Gasteiger partial charge in [-0.15, -0.1) is 0 Å². The summed E-state index contributed by atoms with van der Waals surface area (Å²) in [6, 6.07) is 14.3. The maximum Gasteiger partial charge on any atom is 0.165 e. The average Bonchev–Trinajstić information content (AvgIpc) is 2.54. The second kappa shape index (κ2) is 7.67. The molecule has 0 heterocycles. The van der Waals surface area contributed by atoms with E-state index in [1.807, 2.05) is 24.3 Å². The van der Waals surface area contributed by atoms with Crippen molar-refractivity contribution in [2.75, 3.05) is 14.2 Å². The SMILES string of the molecule is COc1cc(CNCc2ccccc2)cc(CN)c1OC. The Kier molecular flexibility index (Phi) is 5.60. The van der Waals surface area contributed by atoms with Crippen molar-refractivity contribution in [3.8, 4) is 11.5 Å². The Hall–Kier alpha value is -2.04. The molecule has 4 nitrogen and oxygen atoms in total. The molecule has 0 aliphatic rings. The third-order valence-electron chi connectivity index (χ3n) is 3.34. The van der Waals surface area contributed by atoms with Gasteiger partial charge < -0.3 is 20.5 Å². The first kappa shape index (κ1) is 15.4. The van der Waals surface area contributed by atoms with Gasteiger partial charge in [-0.05, 0) is 23.3 Å². The van der Waals surface area contributed by atoms with E-state index in [-0.39, 0.29) is 0 Å². The highest BCUT2D eigenvalue weighted by Crippen LogP contribution is 2.32. The van der Waals surface area contributed by atoms with Crippen LogP contribution in [0, 0.1) is 0 Å². The van der Waals surface area contributed by atoms with Crippen molar-refractivity contribution in [3.05, 3.63) is 59.2 Å². The van der Waals surface area contributed by atoms with Gasteiger partial charge in [-0.3, -0.25) is 0 Å². The van der Waals surface area contributed by atoms with E-state index in [9.17, 15) is 0 Å². The van der Waals surface area contributed by atoms with Gasteiger partial charge in [0.05, 0.1) is 14.2 Å². The molecule has 112 valence electrons. The van der Waals surface area contributed by atoms with Gasteiger partial charge in [0.2, 0.25) is 0 Å². The predicted molar refractivity (Wildman–Crippen MR) is 84.4 cm³/mol. The van der Waals surface area contributed by atoms with Crippen LogP contribution < -0.4 is 20.5 Å². The largest absolute Gasteiger partial charge is 0.493 e. The summed E-state index contributed by atoms with van der Waals surface area (Å²) in [5, 5.41) is 3.42. The fraction of sp³-hybridized carbons (Fsp3) is 0.294. The lowest BCUT2D eigenvalue weighted by Gasteiger charge is -2.14. The summed E-state index contributed by atoms with van der Waals surface area (Å²) in [6.07, 6.45) is 0. The van der Waals surface area contributed by atoms with Crippen molar-refractivity contribution in [2.45, 2.75) is 19.6 Å². The zero-order valence-electron chi connectivity index (χ0n) is 12.6. The Bertz CT molecular complexity index is 545. The first-order chi connectivity index (χ1) is 10.3. The molecule has 0 spiro atoms. The molecule has 0 aromatic heterocycles. The number of hydrogen-bond acceptors (Lipinski definition) is 4. The molecule has 2 aromatic carbocycles. The van der Waals surface area contributed by atoms with E-state index in [1.165, 1.54) is 5.56 Å². The first-order valence-electron chi connectivity index (χ1n) is 6.97. The fourth-order valence-corrected chi connectivity index (χ4v) is 2.31. The summed E-state index contributed by atoms with van der Waals surface area (Å²) in [5.74, 6) is 1.43. The summed E-state index contributed by atoms with van der Waals surface area (Å²) in [7, 11) is 3.27. The quantitative estimate of drug-likeness (QED) is 0.821. The van der Waals surface area contributed by atoms with Crippen LogP contribution in [0.2, 0.25) is 0 Å². The number of hydrogen-bond donors (Lipinski definition) is 2. The number of methoxy groups -OCH3 is 2. The minimum absolute atomic E-state index is 0.423. The highest BCUT2D eigenvalue weighted by molar-refractivity contribution is 5.49. The van der Waals surface area contributed by atoms with Crippen molar-refractivity contribution in [3.63, 3.8) is 0 Å². The van der Waals surface area contributed by atoms with Crippen LogP contribution in [0.4, 0.5) is 0 Å². The summed E-state index contributed by atoms with van der Waals surface area (Å²) >= 11 is 0. The topological polar surface area (TPSA) is 56.5 Å². The van der Waals surface area contributed by atoms with Crippen LogP contribution >= 0.6 is 0 Å². The van der Waals surface area contributed by atoms with E-state index < -0.39 is 0 Å². The fourth-order valence-electron chi connectivity index (χ4n) is 2.31. The molecule has 0 saturated heterocycles. The summed E-state index contributed by atoms with van der Waals surface area (Å²) in [4.78, 5) is 0. The molecule has 0 bridgehead atoms. The van der Waals surface area contributed by atoms with Gasteiger partial charge in [-0.25, -0.2) is 0 Å². The van der Waals surface area contributed by atoms with Crippen LogP contribution in [0.5, 0.6) is 11.5 Å². The van der Waals surface area contributed by atoms with Crippen molar-refractivity contribution >= 4 is 0 Å². The van der Waals surface area contributed by atoms with Crippen LogP contribution in [0.25, 0.3) is 0 Å². The summed E-state index contributed by atoms with van der Waals surface area (Å²) < 4.78 is 10.7. The molecule has 0 aliphatic heterocycles. The van der Waals surface area contributed by atoms with Crippen LogP contribution in [0.3, 0.4) is 0 Å². The molecule has 0 atom stereocenters. The molecule has 3 N–H and O–H groups in total. The molecule has 0 aliphatic carbocycles. The number of nitrogens with two attached hydrogens (primary N) is 1. The maximum absolute atomic E-state index is 5.78. The lowest BCUT2D eigenvalue weighted by Crippen LogP contribution is -2.13. The van der Waals surface area contributed by atoms with Gasteiger partial charge in [0, 0.05) is 25.2 Å². The zero-order chi connectivity index (χ0) is 15.1. The third kappa shape index (κ3) is 3.97. The van der Waals surface area contributed by atoms with Gasteiger partial charge in [-0.1, -0.05) is 30.3 Å². The molecular formula is C17H22N2O2. The van der Waals surface area contributed by atoms with Gasteiger partial charge in [0.1, 0.15) is 0 Å². The predicted octanol–water partition coefficient (Wildman–Crippen LogP) is 2.45. The number of nitrogens with one attached hydrogen (secondary N) is 1. The molecule has 0 radical (unpaired) electrons. The standard InChI is InChI=1S/C17H22N2O2/c1-20-16-9-14(8-15(10-18)17(16)21-2)12-19-11-13-6-4-3-5-7-13/h3-9,19H,10-12,18H2,1-2H3. The Balaban J connectivity index is 2.06. The number of ether oxygens (including phenoxy) is 2. The number of benzene rings is 2. The van der Waals surface area contributed by atoms with Crippen LogP contribution in [-0.2, 0) is 19.6 Å². The van der Waals surface area contributed by atoms with Crippen LogP contribution in [0.1, 0.15) is 16.7 Å². The van der Waals surface area contributed by atoms with Gasteiger partial charge >= 0.3 is 0 Å². The third-order valence-corrected chi connectivity index (χ3v) is 3.34. The second-order valence-corrected chi connectivity index (χ2v) is 4.78. The maximum atomic E-state index is 5.78. The monoisotopic (exact) mass is 286 g/mol. The van der Waals surface area contributed by atoms with E-state index in [0.29, 0.717) is 12.3 Å². The minimum atomic E-state index is 0.423. The Morgan fingerprint density at radius 2 is 1.67 bits per heavy atom. The lowest BCUT2D eigenvalue weighted by molar-refractivity contribution is 0.351. The highest BCUT2D eigenvalue weighted by atomic mass is 16.5. The summed E-state index contributed by atoms with van der Waals surface area (Å²) in [5.41, 5.74) is 9.12. The first-order valence-corrected chi connectivity index (χ1v) is 6.97. The van der Waals surface area contributed by atoms with Gasteiger partial charge in [0.15, 0.2) is 11.5 Å². The smallest absolute Gasteiger partial charge is 0.165 e. The Morgan fingerprint density at radius 3 is 2.29 bits per heavy atom. The average molecular weight is 286 g/mol. The zero-order valence-corrected chi connectivity index (χ0v) is 12.6. The van der Waals surface area contributed by atoms with E-state index in [4.69, 9.17) is 15.2 Å². The van der Waals surface area contributed by atoms with E-state index in [2.05, 4.69) is 23.5 Å². The van der Waals surface area contributed by atoms with Crippen molar-refractivity contribution in [1.29, 1.82) is 0 Å². The van der Waals surface area contributed by atoms with Crippen molar-refractivity contribution in [1.82, 2.24) is 5.32 Å². The molecule has 0 saturated carbocycles. The Morgan fingerprint density at radius 1 is 0.952 bits per heavy atom. The Labute approximate surface area is 125 Å². The molecule has 0 fully saturated rings. The van der Waals surface area contributed by atoms with Crippen molar-refractivity contribution < 1.29 is 9.47 Å². The molecule has 0 unspecified atom stereocenters. The van der Waals surface area contributed by atoms with Crippen LogP contribution in [0.15, 0.2) is 42.5 Å². The molecule has 0 amide bonds. The molecule has 21 heavy (non-hydrogen) atoms. The highest BCUT2D eigenvalue weighted by Gasteiger charge is 2.11. The van der Waals surface area contributed by atoms with Crippen molar-refractivity contribution in [2.24, 2.45) is 5.73 Å². The van der Waals surface area contributed by atoms with Crippen LogP contribution in [-0.4, -0.2) is 14.2 Å². The molecule has 2 rings (SSSR count). The lowest BCUT2D eigenvalue weighted by atomic mass is 10.1. The number of rotatable bonds is 7. The summed E-state index contributed by atoms with van der Waals surface area (Å²) in [6.45, 7) is 2.00. The molecular weight excluding hydrogens is 264 g/mol. The second-order valence-electron chi connectivity index (χ2n) is 4.78. The van der Waals surface area contributed by atoms with Gasteiger partial charge in [0.25, 0.3) is 0 Å². The van der Waals surface area contributed by atoms with Gasteiger partial charge in [-0.2, -0.15) is 0 Å². The van der Waals surface area contributed by atoms with E-state index >= 15 is 0 Å². The molecule has 2 aromatic rings. The van der Waals surface area contributed by atoms with E-state index in [0.717, 1.165) is 30.0 Å². The molecule has 4 heteroatoms. The normalized spacial score (nSPS) is 10.4.